The van der Waals surface area contributed by atoms with Crippen LogP contribution in [-0.2, 0) is 4.79 Å². The Morgan fingerprint density at radius 1 is 1.00 bits per heavy atom. The van der Waals surface area contributed by atoms with E-state index in [2.05, 4.69) is 20.6 Å². The van der Waals surface area contributed by atoms with Gasteiger partial charge in [-0.2, -0.15) is 4.52 Å². The molecule has 4 aromatic rings. The van der Waals surface area contributed by atoms with Crippen LogP contribution in [0.15, 0.2) is 54.6 Å². The molecule has 0 atom stereocenters. The second-order valence-electron chi connectivity index (χ2n) is 7.28. The molecule has 0 fully saturated rings. The molecule has 9 heteroatoms. The van der Waals surface area contributed by atoms with E-state index >= 15 is 0 Å². The SMILES string of the molecule is Cc1cc(C)cc(OCC(=O)NCCOc2ccc3nnc(-c4ccc(F)cc4)n3n2)c1. The molecule has 164 valence electrons. The Kier molecular flexibility index (Phi) is 6.25. The molecular formula is C23H22FN5O3. The van der Waals surface area contributed by atoms with E-state index in [1.54, 1.807) is 24.3 Å². The number of carbonyl (C=O) groups excluding carboxylic acids is 1. The number of nitrogens with one attached hydrogen (secondary N) is 1. The van der Waals surface area contributed by atoms with Crippen LogP contribution in [0.25, 0.3) is 17.0 Å². The van der Waals surface area contributed by atoms with Crippen LogP contribution in [0.5, 0.6) is 11.6 Å². The van der Waals surface area contributed by atoms with Crippen molar-refractivity contribution in [2.75, 3.05) is 19.8 Å². The molecule has 1 N–H and O–H groups in total. The highest BCUT2D eigenvalue weighted by molar-refractivity contribution is 5.77. The molecule has 2 aromatic heterocycles. The molecule has 0 saturated heterocycles. The molecular weight excluding hydrogens is 413 g/mol. The fourth-order valence-corrected chi connectivity index (χ4v) is 3.19. The van der Waals surface area contributed by atoms with Crippen LogP contribution in [0.2, 0.25) is 0 Å². The number of fused-ring (bicyclic) bond motifs is 1. The Bertz CT molecular complexity index is 1220. The zero-order chi connectivity index (χ0) is 22.5. The van der Waals surface area contributed by atoms with Crippen molar-refractivity contribution in [2.45, 2.75) is 13.8 Å². The van der Waals surface area contributed by atoms with Gasteiger partial charge in [0.2, 0.25) is 5.88 Å². The first-order valence-electron chi connectivity index (χ1n) is 10.1. The normalized spacial score (nSPS) is 10.8. The Labute approximate surface area is 184 Å². The lowest BCUT2D eigenvalue weighted by atomic mass is 10.1. The van der Waals surface area contributed by atoms with Gasteiger partial charge in [-0.3, -0.25) is 4.79 Å². The third kappa shape index (κ3) is 5.18. The molecule has 8 nitrogen and oxygen atoms in total. The van der Waals surface area contributed by atoms with Crippen molar-refractivity contribution in [3.63, 3.8) is 0 Å². The first-order chi connectivity index (χ1) is 15.5. The first kappa shape index (κ1) is 21.2. The van der Waals surface area contributed by atoms with Gasteiger partial charge in [0.1, 0.15) is 18.2 Å². The summed E-state index contributed by atoms with van der Waals surface area (Å²) in [5.41, 5.74) is 3.37. The van der Waals surface area contributed by atoms with Crippen LogP contribution in [-0.4, -0.2) is 45.5 Å². The third-order valence-corrected chi connectivity index (χ3v) is 4.58. The van der Waals surface area contributed by atoms with E-state index in [0.717, 1.165) is 11.1 Å². The molecule has 0 unspecified atom stereocenters. The van der Waals surface area contributed by atoms with Crippen LogP contribution >= 0.6 is 0 Å². The van der Waals surface area contributed by atoms with E-state index in [9.17, 15) is 9.18 Å². The summed E-state index contributed by atoms with van der Waals surface area (Å²) in [4.78, 5) is 12.0. The molecule has 2 aromatic carbocycles. The number of rotatable bonds is 8. The van der Waals surface area contributed by atoms with Gasteiger partial charge >= 0.3 is 0 Å². The number of amides is 1. The van der Waals surface area contributed by atoms with Crippen molar-refractivity contribution in [1.82, 2.24) is 25.1 Å². The van der Waals surface area contributed by atoms with E-state index in [4.69, 9.17) is 9.47 Å². The number of carbonyl (C=O) groups is 1. The Morgan fingerprint density at radius 2 is 1.75 bits per heavy atom. The van der Waals surface area contributed by atoms with Gasteiger partial charge in [-0.15, -0.1) is 15.3 Å². The fourth-order valence-electron chi connectivity index (χ4n) is 3.19. The third-order valence-electron chi connectivity index (χ3n) is 4.58. The summed E-state index contributed by atoms with van der Waals surface area (Å²) in [7, 11) is 0. The summed E-state index contributed by atoms with van der Waals surface area (Å²) in [5, 5.41) is 15.3. The summed E-state index contributed by atoms with van der Waals surface area (Å²) in [6.07, 6.45) is 0. The lowest BCUT2D eigenvalue weighted by Crippen LogP contribution is -2.32. The zero-order valence-electron chi connectivity index (χ0n) is 17.7. The van der Waals surface area contributed by atoms with Gasteiger partial charge in [-0.25, -0.2) is 4.39 Å². The standard InChI is InChI=1S/C23H22FN5O3/c1-15-11-16(2)13-19(12-15)32-14-21(30)25-9-10-31-22-8-7-20-26-27-23(29(20)28-22)17-3-5-18(24)6-4-17/h3-8,11-13H,9-10,14H2,1-2H3,(H,25,30). The van der Waals surface area contributed by atoms with Crippen LogP contribution in [0, 0.1) is 19.7 Å². The van der Waals surface area contributed by atoms with E-state index < -0.39 is 0 Å². The average molecular weight is 435 g/mol. The van der Waals surface area contributed by atoms with Crippen LogP contribution in [0.1, 0.15) is 11.1 Å². The molecule has 32 heavy (non-hydrogen) atoms. The van der Waals surface area contributed by atoms with Crippen LogP contribution in [0.3, 0.4) is 0 Å². The molecule has 1 amide bonds. The Morgan fingerprint density at radius 3 is 2.50 bits per heavy atom. The number of nitrogens with zero attached hydrogens (tertiary/aromatic N) is 4. The largest absolute Gasteiger partial charge is 0.484 e. The molecule has 0 radical (unpaired) electrons. The predicted molar refractivity (Wildman–Crippen MR) is 116 cm³/mol. The fraction of sp³-hybridized carbons (Fsp3) is 0.217. The highest BCUT2D eigenvalue weighted by Gasteiger charge is 2.11. The second-order valence-corrected chi connectivity index (χ2v) is 7.28. The van der Waals surface area contributed by atoms with Gasteiger partial charge in [0, 0.05) is 11.6 Å². The summed E-state index contributed by atoms with van der Waals surface area (Å²) >= 11 is 0. The minimum absolute atomic E-state index is 0.0746. The van der Waals surface area contributed by atoms with Crippen molar-refractivity contribution in [1.29, 1.82) is 0 Å². The van der Waals surface area contributed by atoms with E-state index in [0.29, 0.717) is 35.2 Å². The lowest BCUT2D eigenvalue weighted by Gasteiger charge is -2.10. The minimum atomic E-state index is -0.332. The number of hydrogen-bond donors (Lipinski definition) is 1. The number of halogens is 1. The maximum absolute atomic E-state index is 13.2. The molecule has 0 bridgehead atoms. The van der Waals surface area contributed by atoms with E-state index in [1.165, 1.54) is 16.6 Å². The van der Waals surface area contributed by atoms with Crippen molar-refractivity contribution in [3.8, 4) is 23.0 Å². The number of benzene rings is 2. The highest BCUT2D eigenvalue weighted by atomic mass is 19.1. The van der Waals surface area contributed by atoms with Gasteiger partial charge in [0.25, 0.3) is 5.91 Å². The highest BCUT2D eigenvalue weighted by Crippen LogP contribution is 2.19. The van der Waals surface area contributed by atoms with Gasteiger partial charge in [-0.1, -0.05) is 6.07 Å². The number of aromatic nitrogens is 4. The Hall–Kier alpha value is -4.01. The molecule has 0 aliphatic carbocycles. The lowest BCUT2D eigenvalue weighted by molar-refractivity contribution is -0.123. The quantitative estimate of drug-likeness (QED) is 0.428. The predicted octanol–water partition coefficient (Wildman–Crippen LogP) is 3.12. The summed E-state index contributed by atoms with van der Waals surface area (Å²) < 4.78 is 25.9. The molecule has 4 rings (SSSR count). The summed E-state index contributed by atoms with van der Waals surface area (Å²) in [5.74, 6) is 0.913. The maximum Gasteiger partial charge on any atom is 0.258 e. The first-order valence-corrected chi connectivity index (χ1v) is 10.1. The van der Waals surface area contributed by atoms with Crippen molar-refractivity contribution in [3.05, 3.63) is 71.5 Å². The average Bonchev–Trinajstić information content (AvgIpc) is 3.18. The van der Waals surface area contributed by atoms with Gasteiger partial charge in [0.05, 0.1) is 6.54 Å². The smallest absolute Gasteiger partial charge is 0.258 e. The van der Waals surface area contributed by atoms with E-state index in [1.807, 2.05) is 32.0 Å². The number of ether oxygens (including phenoxy) is 2. The van der Waals surface area contributed by atoms with E-state index in [-0.39, 0.29) is 24.9 Å². The monoisotopic (exact) mass is 435 g/mol. The number of hydrogen-bond acceptors (Lipinski definition) is 6. The van der Waals surface area contributed by atoms with Gasteiger partial charge < -0.3 is 14.8 Å². The Balaban J connectivity index is 1.29. The second kappa shape index (κ2) is 9.42. The number of aryl methyl sites for hydroxylation is 2. The van der Waals surface area contributed by atoms with Crippen LogP contribution in [0.4, 0.5) is 4.39 Å². The summed E-state index contributed by atoms with van der Waals surface area (Å²) in [6.45, 7) is 4.40. The van der Waals surface area contributed by atoms with Gasteiger partial charge in [0.15, 0.2) is 18.1 Å². The molecule has 0 aliphatic heterocycles. The summed E-state index contributed by atoms with van der Waals surface area (Å²) in [6, 6.07) is 15.1. The zero-order valence-corrected chi connectivity index (χ0v) is 17.7. The molecule has 2 heterocycles. The van der Waals surface area contributed by atoms with Crippen LogP contribution < -0.4 is 14.8 Å². The molecule has 0 saturated carbocycles. The van der Waals surface area contributed by atoms with Gasteiger partial charge in [-0.05, 0) is 67.4 Å². The van der Waals surface area contributed by atoms with Crippen molar-refractivity contribution in [2.24, 2.45) is 0 Å². The van der Waals surface area contributed by atoms with Crippen molar-refractivity contribution < 1.29 is 18.7 Å². The topological polar surface area (TPSA) is 90.6 Å². The molecule has 0 spiro atoms. The minimum Gasteiger partial charge on any atom is -0.484 e. The van der Waals surface area contributed by atoms with Crippen molar-refractivity contribution >= 4 is 11.6 Å². The maximum atomic E-state index is 13.2. The molecule has 0 aliphatic rings.